The van der Waals surface area contributed by atoms with Gasteiger partial charge in [-0.05, 0) is 36.6 Å². The first-order valence-electron chi connectivity index (χ1n) is 8.05. The number of hydrogen-bond donors (Lipinski definition) is 2. The molecule has 0 aliphatic heterocycles. The average Bonchev–Trinajstić information content (AvgIpc) is 3.06. The summed E-state index contributed by atoms with van der Waals surface area (Å²) in [7, 11) is 3.11. The van der Waals surface area contributed by atoms with Gasteiger partial charge in [0, 0.05) is 13.0 Å². The van der Waals surface area contributed by atoms with Gasteiger partial charge in [-0.15, -0.1) is 0 Å². The molecule has 1 aromatic rings. The van der Waals surface area contributed by atoms with Crippen molar-refractivity contribution in [2.75, 3.05) is 14.2 Å². The van der Waals surface area contributed by atoms with E-state index in [-0.39, 0.29) is 23.6 Å². The number of amides is 2. The van der Waals surface area contributed by atoms with E-state index in [9.17, 15) is 9.59 Å². The van der Waals surface area contributed by atoms with Crippen molar-refractivity contribution in [2.24, 2.45) is 0 Å². The van der Waals surface area contributed by atoms with Gasteiger partial charge in [-0.25, -0.2) is 0 Å². The summed E-state index contributed by atoms with van der Waals surface area (Å²) in [6, 6.07) is 5.49. The first-order chi connectivity index (χ1) is 11.5. The van der Waals surface area contributed by atoms with E-state index in [4.69, 9.17) is 9.47 Å². The fraction of sp³-hybridized carbons (Fsp3) is 0.444. The monoisotopic (exact) mass is 332 g/mol. The molecule has 2 N–H and O–H groups in total. The first kappa shape index (κ1) is 17.8. The highest BCUT2D eigenvalue weighted by atomic mass is 16.5. The number of rotatable bonds is 6. The van der Waals surface area contributed by atoms with Crippen LogP contribution in [0.1, 0.15) is 38.2 Å². The van der Waals surface area contributed by atoms with Crippen molar-refractivity contribution in [3.63, 3.8) is 0 Å². The molecule has 2 rings (SSSR count). The lowest BCUT2D eigenvalue weighted by Crippen LogP contribution is -2.38. The van der Waals surface area contributed by atoms with E-state index in [1.807, 2.05) is 0 Å². The Bertz CT molecular complexity index is 634. The van der Waals surface area contributed by atoms with Crippen molar-refractivity contribution in [3.8, 4) is 11.5 Å². The molecule has 1 saturated carbocycles. The zero-order chi connectivity index (χ0) is 17.5. The van der Waals surface area contributed by atoms with Gasteiger partial charge in [0.15, 0.2) is 11.5 Å². The number of carbonyl (C=O) groups is 2. The Labute approximate surface area is 142 Å². The lowest BCUT2D eigenvalue weighted by molar-refractivity contribution is -0.122. The van der Waals surface area contributed by atoms with Crippen LogP contribution in [0.5, 0.6) is 11.5 Å². The van der Waals surface area contributed by atoms with E-state index in [1.54, 1.807) is 38.5 Å². The standard InChI is InChI=1S/C18H24N2O4/c1-12(21)19-15(18(22)20-14-6-4-5-7-14)10-13-8-9-16(23-2)17(11-13)24-3/h8-11,14H,4-7H2,1-3H3,(H,19,21)(H,20,22)/b15-10+. The second kappa shape index (κ2) is 8.38. The summed E-state index contributed by atoms with van der Waals surface area (Å²) in [4.78, 5) is 23.9. The third-order valence-corrected chi connectivity index (χ3v) is 3.96. The topological polar surface area (TPSA) is 76.7 Å². The highest BCUT2D eigenvalue weighted by Gasteiger charge is 2.20. The van der Waals surface area contributed by atoms with Crippen molar-refractivity contribution in [3.05, 3.63) is 29.5 Å². The molecule has 6 heteroatoms. The third kappa shape index (κ3) is 4.75. The zero-order valence-corrected chi connectivity index (χ0v) is 14.3. The molecule has 0 saturated heterocycles. The van der Waals surface area contributed by atoms with Crippen molar-refractivity contribution in [1.82, 2.24) is 10.6 Å². The van der Waals surface area contributed by atoms with Gasteiger partial charge in [-0.2, -0.15) is 0 Å². The minimum atomic E-state index is -0.289. The lowest BCUT2D eigenvalue weighted by atomic mass is 10.1. The molecule has 1 aromatic carbocycles. The Morgan fingerprint density at radius 2 is 1.79 bits per heavy atom. The molecule has 130 valence electrons. The molecule has 0 radical (unpaired) electrons. The van der Waals surface area contributed by atoms with Crippen molar-refractivity contribution in [1.29, 1.82) is 0 Å². The van der Waals surface area contributed by atoms with Gasteiger partial charge >= 0.3 is 0 Å². The van der Waals surface area contributed by atoms with Gasteiger partial charge in [0.25, 0.3) is 5.91 Å². The zero-order valence-electron chi connectivity index (χ0n) is 14.3. The van der Waals surface area contributed by atoms with Crippen molar-refractivity contribution in [2.45, 2.75) is 38.6 Å². The first-order valence-corrected chi connectivity index (χ1v) is 8.05. The van der Waals surface area contributed by atoms with E-state index in [0.29, 0.717) is 11.5 Å². The number of benzene rings is 1. The quantitative estimate of drug-likeness (QED) is 0.783. The molecule has 2 amide bonds. The second-order valence-electron chi connectivity index (χ2n) is 5.81. The Morgan fingerprint density at radius 1 is 1.12 bits per heavy atom. The molecule has 0 bridgehead atoms. The molecule has 0 unspecified atom stereocenters. The highest BCUT2D eigenvalue weighted by molar-refractivity contribution is 6.01. The molecule has 24 heavy (non-hydrogen) atoms. The Kier molecular flexibility index (Phi) is 6.23. The third-order valence-electron chi connectivity index (χ3n) is 3.96. The molecular formula is C18H24N2O4. The van der Waals surface area contributed by atoms with Gasteiger partial charge < -0.3 is 20.1 Å². The molecule has 1 aliphatic carbocycles. The Balaban J connectivity index is 2.23. The van der Waals surface area contributed by atoms with E-state index in [0.717, 1.165) is 31.2 Å². The normalized spacial score (nSPS) is 15.0. The predicted octanol–water partition coefficient (Wildman–Crippen LogP) is 2.24. The average molecular weight is 332 g/mol. The summed E-state index contributed by atoms with van der Waals surface area (Å²) in [5.74, 6) is 0.603. The fourth-order valence-electron chi connectivity index (χ4n) is 2.79. The number of ether oxygens (including phenoxy) is 2. The predicted molar refractivity (Wildman–Crippen MR) is 91.7 cm³/mol. The van der Waals surface area contributed by atoms with Crippen LogP contribution in [0.25, 0.3) is 6.08 Å². The molecule has 1 fully saturated rings. The maximum atomic E-state index is 12.5. The second-order valence-corrected chi connectivity index (χ2v) is 5.81. The number of hydrogen-bond acceptors (Lipinski definition) is 4. The van der Waals surface area contributed by atoms with Crippen molar-refractivity contribution >= 4 is 17.9 Å². The van der Waals surface area contributed by atoms with Crippen LogP contribution in [0.3, 0.4) is 0 Å². The number of carbonyl (C=O) groups excluding carboxylic acids is 2. The van der Waals surface area contributed by atoms with Crippen molar-refractivity contribution < 1.29 is 19.1 Å². The summed E-state index contributed by atoms with van der Waals surface area (Å²) in [5, 5.41) is 5.58. The molecule has 0 atom stereocenters. The summed E-state index contributed by atoms with van der Waals surface area (Å²) >= 11 is 0. The van der Waals surface area contributed by atoms with Crippen LogP contribution in [-0.2, 0) is 9.59 Å². The van der Waals surface area contributed by atoms with Gasteiger partial charge in [0.05, 0.1) is 14.2 Å². The van der Waals surface area contributed by atoms with Gasteiger partial charge in [0.2, 0.25) is 5.91 Å². The summed E-state index contributed by atoms with van der Waals surface area (Å²) in [6.07, 6.45) is 5.85. The van der Waals surface area contributed by atoms with Crippen LogP contribution in [-0.4, -0.2) is 32.1 Å². The summed E-state index contributed by atoms with van der Waals surface area (Å²) in [6.45, 7) is 1.38. The summed E-state index contributed by atoms with van der Waals surface area (Å²) < 4.78 is 10.5. The van der Waals surface area contributed by atoms with Crippen LogP contribution >= 0.6 is 0 Å². The Hall–Kier alpha value is -2.50. The highest BCUT2D eigenvalue weighted by Crippen LogP contribution is 2.28. The van der Waals surface area contributed by atoms with E-state index >= 15 is 0 Å². The van der Waals surface area contributed by atoms with E-state index in [2.05, 4.69) is 10.6 Å². The van der Waals surface area contributed by atoms with Gasteiger partial charge in [-0.3, -0.25) is 9.59 Å². The van der Waals surface area contributed by atoms with Crippen LogP contribution in [0.4, 0.5) is 0 Å². The van der Waals surface area contributed by atoms with Gasteiger partial charge in [0.1, 0.15) is 5.70 Å². The minimum Gasteiger partial charge on any atom is -0.493 e. The smallest absolute Gasteiger partial charge is 0.268 e. The van der Waals surface area contributed by atoms with E-state index < -0.39 is 0 Å². The molecule has 6 nitrogen and oxygen atoms in total. The number of nitrogens with one attached hydrogen (secondary N) is 2. The molecule has 0 aromatic heterocycles. The van der Waals surface area contributed by atoms with Gasteiger partial charge in [-0.1, -0.05) is 18.9 Å². The minimum absolute atomic E-state index is 0.181. The SMILES string of the molecule is COc1ccc(/C=C(/NC(C)=O)C(=O)NC2CCCC2)cc1OC. The number of methoxy groups -OCH3 is 2. The van der Waals surface area contributed by atoms with E-state index in [1.165, 1.54) is 6.92 Å². The maximum Gasteiger partial charge on any atom is 0.268 e. The van der Waals surface area contributed by atoms with Crippen LogP contribution in [0, 0.1) is 0 Å². The largest absolute Gasteiger partial charge is 0.493 e. The molecular weight excluding hydrogens is 308 g/mol. The molecule has 0 heterocycles. The maximum absolute atomic E-state index is 12.5. The summed E-state index contributed by atoms with van der Waals surface area (Å²) in [5.41, 5.74) is 0.958. The van der Waals surface area contributed by atoms with Crippen LogP contribution < -0.4 is 20.1 Å². The lowest BCUT2D eigenvalue weighted by Gasteiger charge is -2.15. The Morgan fingerprint density at radius 3 is 2.38 bits per heavy atom. The van der Waals surface area contributed by atoms with Crippen LogP contribution in [0.2, 0.25) is 0 Å². The van der Waals surface area contributed by atoms with Crippen LogP contribution in [0.15, 0.2) is 23.9 Å². The molecule has 1 aliphatic rings. The molecule has 0 spiro atoms. The fourth-order valence-corrected chi connectivity index (χ4v) is 2.79.